The number of likely N-dealkylation sites (N-methyl/N-ethyl adjacent to an activating group) is 1. The highest BCUT2D eigenvalue weighted by atomic mass is 16.2. The lowest BCUT2D eigenvalue weighted by molar-refractivity contribution is -0.128. The Morgan fingerprint density at radius 2 is 1.89 bits per heavy atom. The third-order valence-corrected chi connectivity index (χ3v) is 2.71. The van der Waals surface area contributed by atoms with Crippen LogP contribution in [0.3, 0.4) is 0 Å². The number of nitrogens with one attached hydrogen (secondary N) is 2. The van der Waals surface area contributed by atoms with Crippen LogP contribution in [0.1, 0.15) is 18.1 Å². The Labute approximate surface area is 107 Å². The third-order valence-electron chi connectivity index (χ3n) is 2.71. The van der Waals surface area contributed by atoms with E-state index in [0.29, 0.717) is 6.54 Å². The van der Waals surface area contributed by atoms with Gasteiger partial charge in [0.1, 0.15) is 6.04 Å². The zero-order valence-electron chi connectivity index (χ0n) is 10.7. The summed E-state index contributed by atoms with van der Waals surface area (Å²) < 4.78 is 0. The van der Waals surface area contributed by atoms with Crippen LogP contribution in [0, 0.1) is 0 Å². The van der Waals surface area contributed by atoms with E-state index in [0.717, 1.165) is 11.1 Å². The number of nitrogens with two attached hydrogens (primary N) is 1. The van der Waals surface area contributed by atoms with Gasteiger partial charge in [0.2, 0.25) is 11.8 Å². The Morgan fingerprint density at radius 1 is 1.28 bits per heavy atom. The third kappa shape index (κ3) is 3.85. The molecule has 0 radical (unpaired) electrons. The standard InChI is InChI=1S/C13H19N3O2/c1-9(13(18)15-2)16-12(17)7-10-5-3-4-6-11(10)8-14/h3-6,9H,7-8,14H2,1-2H3,(H,15,18)(H,16,17). The molecule has 0 aliphatic heterocycles. The van der Waals surface area contributed by atoms with Crippen LogP contribution in [-0.4, -0.2) is 24.9 Å². The molecule has 1 atom stereocenters. The summed E-state index contributed by atoms with van der Waals surface area (Å²) in [6.07, 6.45) is 0.231. The summed E-state index contributed by atoms with van der Waals surface area (Å²) in [5.41, 5.74) is 7.44. The highest BCUT2D eigenvalue weighted by Gasteiger charge is 2.14. The van der Waals surface area contributed by atoms with Crippen molar-refractivity contribution in [1.29, 1.82) is 0 Å². The molecule has 0 aliphatic carbocycles. The van der Waals surface area contributed by atoms with Crippen molar-refractivity contribution in [2.24, 2.45) is 5.73 Å². The monoisotopic (exact) mass is 249 g/mol. The van der Waals surface area contributed by atoms with Gasteiger partial charge in [-0.25, -0.2) is 0 Å². The first-order valence-electron chi connectivity index (χ1n) is 5.86. The van der Waals surface area contributed by atoms with Gasteiger partial charge in [0, 0.05) is 13.6 Å². The van der Waals surface area contributed by atoms with Crippen molar-refractivity contribution in [1.82, 2.24) is 10.6 Å². The molecule has 1 aromatic rings. The molecule has 1 rings (SSSR count). The number of amides is 2. The molecule has 18 heavy (non-hydrogen) atoms. The maximum absolute atomic E-state index is 11.8. The summed E-state index contributed by atoms with van der Waals surface area (Å²) in [7, 11) is 1.54. The Bertz CT molecular complexity index is 432. The van der Waals surface area contributed by atoms with Gasteiger partial charge in [-0.15, -0.1) is 0 Å². The molecule has 1 aromatic carbocycles. The van der Waals surface area contributed by atoms with E-state index in [4.69, 9.17) is 5.73 Å². The smallest absolute Gasteiger partial charge is 0.242 e. The lowest BCUT2D eigenvalue weighted by atomic mass is 10.0. The number of carbonyl (C=O) groups is 2. The second kappa shape index (κ2) is 6.76. The molecule has 1 unspecified atom stereocenters. The van der Waals surface area contributed by atoms with Gasteiger partial charge in [-0.1, -0.05) is 24.3 Å². The zero-order valence-corrected chi connectivity index (χ0v) is 10.7. The summed E-state index contributed by atoms with van der Waals surface area (Å²) >= 11 is 0. The molecule has 5 nitrogen and oxygen atoms in total. The van der Waals surface area contributed by atoms with E-state index in [1.54, 1.807) is 6.92 Å². The number of carbonyl (C=O) groups excluding carboxylic acids is 2. The van der Waals surface area contributed by atoms with Crippen LogP contribution >= 0.6 is 0 Å². The normalized spacial score (nSPS) is 11.7. The Hall–Kier alpha value is -1.88. The molecule has 5 heteroatoms. The second-order valence-corrected chi connectivity index (χ2v) is 4.05. The highest BCUT2D eigenvalue weighted by Crippen LogP contribution is 2.08. The summed E-state index contributed by atoms with van der Waals surface area (Å²) in [4.78, 5) is 23.1. The number of hydrogen-bond donors (Lipinski definition) is 3. The van der Waals surface area contributed by atoms with Crippen molar-refractivity contribution in [3.63, 3.8) is 0 Å². The van der Waals surface area contributed by atoms with E-state index in [9.17, 15) is 9.59 Å². The summed E-state index contributed by atoms with van der Waals surface area (Å²) in [6.45, 7) is 2.04. The predicted molar refractivity (Wildman–Crippen MR) is 69.7 cm³/mol. The summed E-state index contributed by atoms with van der Waals surface area (Å²) in [5, 5.41) is 5.12. The molecule has 0 aromatic heterocycles. The fourth-order valence-electron chi connectivity index (χ4n) is 1.68. The molecule has 0 heterocycles. The van der Waals surface area contributed by atoms with E-state index in [1.807, 2.05) is 24.3 Å². The Morgan fingerprint density at radius 3 is 2.44 bits per heavy atom. The Balaban J connectivity index is 2.62. The van der Waals surface area contributed by atoms with E-state index < -0.39 is 6.04 Å². The molecule has 0 fully saturated rings. The van der Waals surface area contributed by atoms with Crippen molar-refractivity contribution in [3.05, 3.63) is 35.4 Å². The SMILES string of the molecule is CNC(=O)C(C)NC(=O)Cc1ccccc1CN. The molecule has 0 saturated carbocycles. The minimum atomic E-state index is -0.535. The number of benzene rings is 1. The average molecular weight is 249 g/mol. The fourth-order valence-corrected chi connectivity index (χ4v) is 1.68. The van der Waals surface area contributed by atoms with E-state index in [2.05, 4.69) is 10.6 Å². The van der Waals surface area contributed by atoms with Crippen molar-refractivity contribution in [3.8, 4) is 0 Å². The quantitative estimate of drug-likeness (QED) is 0.683. The van der Waals surface area contributed by atoms with Gasteiger partial charge in [0.25, 0.3) is 0 Å². The van der Waals surface area contributed by atoms with Gasteiger partial charge < -0.3 is 16.4 Å². The van der Waals surface area contributed by atoms with Crippen LogP contribution in [0.5, 0.6) is 0 Å². The van der Waals surface area contributed by atoms with Crippen LogP contribution in [0.25, 0.3) is 0 Å². The first kappa shape index (κ1) is 14.2. The first-order chi connectivity index (χ1) is 8.58. The van der Waals surface area contributed by atoms with Gasteiger partial charge in [0.15, 0.2) is 0 Å². The first-order valence-corrected chi connectivity index (χ1v) is 5.86. The molecule has 0 aliphatic rings. The molecular formula is C13H19N3O2. The molecule has 0 bridgehead atoms. The molecule has 2 amide bonds. The maximum atomic E-state index is 11.8. The Kier molecular flexibility index (Phi) is 5.32. The molecular weight excluding hydrogens is 230 g/mol. The van der Waals surface area contributed by atoms with Crippen molar-refractivity contribution >= 4 is 11.8 Å². The molecule has 4 N–H and O–H groups in total. The topological polar surface area (TPSA) is 84.2 Å². The summed E-state index contributed by atoms with van der Waals surface area (Å²) in [6, 6.07) is 6.98. The average Bonchev–Trinajstić information content (AvgIpc) is 2.38. The van der Waals surface area contributed by atoms with Crippen LogP contribution in [0.15, 0.2) is 24.3 Å². The maximum Gasteiger partial charge on any atom is 0.242 e. The predicted octanol–water partition coefficient (Wildman–Crippen LogP) is -0.0615. The van der Waals surface area contributed by atoms with Crippen molar-refractivity contribution in [2.75, 3.05) is 7.05 Å². The lowest BCUT2D eigenvalue weighted by Crippen LogP contribution is -2.44. The van der Waals surface area contributed by atoms with E-state index in [1.165, 1.54) is 7.05 Å². The van der Waals surface area contributed by atoms with Crippen LogP contribution in [0.2, 0.25) is 0 Å². The molecule has 0 saturated heterocycles. The van der Waals surface area contributed by atoms with Gasteiger partial charge in [-0.3, -0.25) is 9.59 Å². The number of hydrogen-bond acceptors (Lipinski definition) is 3. The van der Waals surface area contributed by atoms with Gasteiger partial charge >= 0.3 is 0 Å². The zero-order chi connectivity index (χ0) is 13.5. The minimum absolute atomic E-state index is 0.188. The largest absolute Gasteiger partial charge is 0.357 e. The van der Waals surface area contributed by atoms with E-state index in [-0.39, 0.29) is 18.2 Å². The number of rotatable bonds is 5. The fraction of sp³-hybridized carbons (Fsp3) is 0.385. The second-order valence-electron chi connectivity index (χ2n) is 4.05. The van der Waals surface area contributed by atoms with Crippen LogP contribution in [-0.2, 0) is 22.6 Å². The van der Waals surface area contributed by atoms with Gasteiger partial charge in [-0.2, -0.15) is 0 Å². The minimum Gasteiger partial charge on any atom is -0.357 e. The van der Waals surface area contributed by atoms with Gasteiger partial charge in [0.05, 0.1) is 6.42 Å². The van der Waals surface area contributed by atoms with Crippen molar-refractivity contribution in [2.45, 2.75) is 25.9 Å². The van der Waals surface area contributed by atoms with E-state index >= 15 is 0 Å². The van der Waals surface area contributed by atoms with Crippen LogP contribution in [0.4, 0.5) is 0 Å². The molecule has 0 spiro atoms. The van der Waals surface area contributed by atoms with Crippen molar-refractivity contribution < 1.29 is 9.59 Å². The highest BCUT2D eigenvalue weighted by molar-refractivity contribution is 5.87. The lowest BCUT2D eigenvalue weighted by Gasteiger charge is -2.13. The molecule has 98 valence electrons. The van der Waals surface area contributed by atoms with Gasteiger partial charge in [-0.05, 0) is 18.1 Å². The summed E-state index contributed by atoms with van der Waals surface area (Å²) in [5.74, 6) is -0.400. The van der Waals surface area contributed by atoms with Crippen LogP contribution < -0.4 is 16.4 Å².